The molecule has 1 aromatic carbocycles. The molecule has 0 spiro atoms. The molecule has 0 saturated heterocycles. The van der Waals surface area contributed by atoms with E-state index in [0.29, 0.717) is 12.6 Å². The van der Waals surface area contributed by atoms with Gasteiger partial charge < -0.3 is 16.0 Å². The van der Waals surface area contributed by atoms with Crippen LogP contribution in [0.3, 0.4) is 0 Å². The third-order valence-corrected chi connectivity index (χ3v) is 4.79. The fourth-order valence-corrected chi connectivity index (χ4v) is 3.42. The molecule has 7 nitrogen and oxygen atoms in total. The molecule has 0 bridgehead atoms. The molecule has 0 radical (unpaired) electrons. The number of aliphatic imine (C=N–C) groups is 1. The Morgan fingerprint density at radius 3 is 2.86 bits per heavy atom. The van der Waals surface area contributed by atoms with E-state index in [1.165, 1.54) is 32.1 Å². The van der Waals surface area contributed by atoms with Crippen LogP contribution < -0.4 is 16.0 Å². The minimum Gasteiger partial charge on any atom is -0.357 e. The number of amides is 1. The Bertz CT molecular complexity index is 765. The lowest BCUT2D eigenvalue weighted by molar-refractivity contribution is -0.116. The highest BCUT2D eigenvalue weighted by atomic mass is 16.2. The van der Waals surface area contributed by atoms with Crippen LogP contribution in [0.15, 0.2) is 47.7 Å². The van der Waals surface area contributed by atoms with E-state index in [9.17, 15) is 4.79 Å². The minimum atomic E-state index is -0.100. The summed E-state index contributed by atoms with van der Waals surface area (Å²) in [6.45, 7) is 3.67. The largest absolute Gasteiger partial charge is 0.357 e. The van der Waals surface area contributed by atoms with Gasteiger partial charge in [0.1, 0.15) is 6.54 Å². The van der Waals surface area contributed by atoms with Crippen LogP contribution >= 0.6 is 0 Å². The Kier molecular flexibility index (Phi) is 7.46. The van der Waals surface area contributed by atoms with E-state index in [1.54, 1.807) is 23.1 Å². The van der Waals surface area contributed by atoms with Crippen LogP contribution in [0.5, 0.6) is 0 Å². The van der Waals surface area contributed by atoms with Gasteiger partial charge in [0.25, 0.3) is 0 Å². The standard InChI is InChI=1S/C21H30N6O/c1-2-22-21(26-18-9-4-3-5-10-18)23-15-17-8-6-11-19(14-17)25-20(28)16-27-13-7-12-24-27/h6-8,11-14,18H,2-5,9-10,15-16H2,1H3,(H,25,28)(H2,22,23,26). The number of hydrogen-bond donors (Lipinski definition) is 3. The number of aromatic nitrogens is 2. The highest BCUT2D eigenvalue weighted by Crippen LogP contribution is 2.17. The van der Waals surface area contributed by atoms with Gasteiger partial charge in [-0.25, -0.2) is 4.99 Å². The lowest BCUT2D eigenvalue weighted by Crippen LogP contribution is -2.44. The molecule has 3 rings (SSSR count). The summed E-state index contributed by atoms with van der Waals surface area (Å²) in [4.78, 5) is 16.9. The van der Waals surface area contributed by atoms with Crippen molar-refractivity contribution in [3.63, 3.8) is 0 Å². The van der Waals surface area contributed by atoms with Crippen molar-refractivity contribution in [2.75, 3.05) is 11.9 Å². The van der Waals surface area contributed by atoms with Gasteiger partial charge in [0.05, 0.1) is 6.54 Å². The third-order valence-electron chi connectivity index (χ3n) is 4.79. The SMILES string of the molecule is CCNC(=NCc1cccc(NC(=O)Cn2cccn2)c1)NC1CCCCC1. The summed E-state index contributed by atoms with van der Waals surface area (Å²) in [6.07, 6.45) is 9.77. The molecule has 28 heavy (non-hydrogen) atoms. The molecule has 1 fully saturated rings. The smallest absolute Gasteiger partial charge is 0.246 e. The second-order valence-electron chi connectivity index (χ2n) is 7.13. The Labute approximate surface area is 166 Å². The lowest BCUT2D eigenvalue weighted by Gasteiger charge is -2.24. The van der Waals surface area contributed by atoms with Gasteiger partial charge >= 0.3 is 0 Å². The average molecular weight is 383 g/mol. The van der Waals surface area contributed by atoms with Crippen molar-refractivity contribution in [3.8, 4) is 0 Å². The maximum atomic E-state index is 12.1. The zero-order valence-electron chi connectivity index (χ0n) is 16.5. The van der Waals surface area contributed by atoms with E-state index in [0.717, 1.165) is 23.8 Å². The van der Waals surface area contributed by atoms with Gasteiger partial charge in [0.2, 0.25) is 5.91 Å². The number of hydrogen-bond acceptors (Lipinski definition) is 3. The molecule has 7 heteroatoms. The summed E-state index contributed by atoms with van der Waals surface area (Å²) in [6, 6.07) is 10.1. The molecule has 1 heterocycles. The van der Waals surface area contributed by atoms with E-state index >= 15 is 0 Å². The summed E-state index contributed by atoms with van der Waals surface area (Å²) < 4.78 is 1.60. The predicted molar refractivity (Wildman–Crippen MR) is 112 cm³/mol. The molecule has 150 valence electrons. The Hall–Kier alpha value is -2.83. The molecule has 1 saturated carbocycles. The zero-order valence-corrected chi connectivity index (χ0v) is 16.5. The summed E-state index contributed by atoms with van der Waals surface area (Å²) in [7, 11) is 0. The van der Waals surface area contributed by atoms with Crippen LogP contribution in [0.4, 0.5) is 5.69 Å². The van der Waals surface area contributed by atoms with E-state index < -0.39 is 0 Å². The summed E-state index contributed by atoms with van der Waals surface area (Å²) in [5.74, 6) is 0.763. The molecule has 0 unspecified atom stereocenters. The van der Waals surface area contributed by atoms with Gasteiger partial charge in [0.15, 0.2) is 5.96 Å². The highest BCUT2D eigenvalue weighted by Gasteiger charge is 2.14. The van der Waals surface area contributed by atoms with Gasteiger partial charge in [-0.15, -0.1) is 0 Å². The summed E-state index contributed by atoms with van der Waals surface area (Å²) in [5.41, 5.74) is 1.83. The minimum absolute atomic E-state index is 0.100. The quantitative estimate of drug-likeness (QED) is 0.508. The van der Waals surface area contributed by atoms with Crippen molar-refractivity contribution in [2.24, 2.45) is 4.99 Å². The van der Waals surface area contributed by atoms with E-state index in [4.69, 9.17) is 4.99 Å². The number of carbonyl (C=O) groups is 1. The highest BCUT2D eigenvalue weighted by molar-refractivity contribution is 5.90. The van der Waals surface area contributed by atoms with Gasteiger partial charge in [-0.05, 0) is 43.5 Å². The zero-order chi connectivity index (χ0) is 19.6. The van der Waals surface area contributed by atoms with Crippen molar-refractivity contribution in [1.82, 2.24) is 20.4 Å². The first kappa shape index (κ1) is 19.9. The third kappa shape index (κ3) is 6.40. The van der Waals surface area contributed by atoms with Gasteiger partial charge in [0, 0.05) is 30.7 Å². The molecule has 0 aliphatic heterocycles. The maximum absolute atomic E-state index is 12.1. The number of benzene rings is 1. The first-order valence-electron chi connectivity index (χ1n) is 10.1. The van der Waals surface area contributed by atoms with Crippen LogP contribution in [0.2, 0.25) is 0 Å². The fraction of sp³-hybridized carbons (Fsp3) is 0.476. The number of carbonyl (C=O) groups excluding carboxylic acids is 1. The molecule has 1 aromatic heterocycles. The molecule has 2 aromatic rings. The number of anilines is 1. The van der Waals surface area contributed by atoms with E-state index in [2.05, 4.69) is 28.0 Å². The predicted octanol–water partition coefficient (Wildman–Crippen LogP) is 2.91. The summed E-state index contributed by atoms with van der Waals surface area (Å²) in [5, 5.41) is 13.9. The van der Waals surface area contributed by atoms with E-state index in [-0.39, 0.29) is 12.5 Å². The fourth-order valence-electron chi connectivity index (χ4n) is 3.42. The number of rotatable bonds is 7. The molecule has 0 atom stereocenters. The van der Waals surface area contributed by atoms with Crippen LogP contribution in [-0.2, 0) is 17.9 Å². The van der Waals surface area contributed by atoms with Crippen molar-refractivity contribution in [2.45, 2.75) is 58.2 Å². The average Bonchev–Trinajstić information content (AvgIpc) is 3.20. The molecule has 1 aliphatic carbocycles. The normalized spacial score (nSPS) is 15.2. The van der Waals surface area contributed by atoms with Crippen LogP contribution in [0, 0.1) is 0 Å². The van der Waals surface area contributed by atoms with Gasteiger partial charge in [-0.2, -0.15) is 5.10 Å². The molecular weight excluding hydrogens is 352 g/mol. The van der Waals surface area contributed by atoms with Crippen molar-refractivity contribution in [3.05, 3.63) is 48.3 Å². The second kappa shape index (κ2) is 10.5. The van der Waals surface area contributed by atoms with Crippen molar-refractivity contribution >= 4 is 17.6 Å². The molecule has 1 aliphatic rings. The van der Waals surface area contributed by atoms with Crippen LogP contribution in [0.25, 0.3) is 0 Å². The van der Waals surface area contributed by atoms with E-state index in [1.807, 2.05) is 24.3 Å². The summed E-state index contributed by atoms with van der Waals surface area (Å²) >= 11 is 0. The number of nitrogens with zero attached hydrogens (tertiary/aromatic N) is 3. The topological polar surface area (TPSA) is 83.3 Å². The molecular formula is C21H30N6O. The number of guanidine groups is 1. The van der Waals surface area contributed by atoms with Crippen molar-refractivity contribution in [1.29, 1.82) is 0 Å². The van der Waals surface area contributed by atoms with Gasteiger partial charge in [-0.1, -0.05) is 31.4 Å². The monoisotopic (exact) mass is 382 g/mol. The van der Waals surface area contributed by atoms with Crippen molar-refractivity contribution < 1.29 is 4.79 Å². The van der Waals surface area contributed by atoms with Gasteiger partial charge in [-0.3, -0.25) is 9.48 Å². The Morgan fingerprint density at radius 1 is 1.25 bits per heavy atom. The lowest BCUT2D eigenvalue weighted by atomic mass is 9.96. The Morgan fingerprint density at radius 2 is 2.11 bits per heavy atom. The first-order valence-corrected chi connectivity index (χ1v) is 10.1. The maximum Gasteiger partial charge on any atom is 0.246 e. The molecule has 1 amide bonds. The molecule has 3 N–H and O–H groups in total. The number of nitrogens with one attached hydrogen (secondary N) is 3. The Balaban J connectivity index is 1.57. The van der Waals surface area contributed by atoms with Crippen LogP contribution in [0.1, 0.15) is 44.6 Å². The first-order chi connectivity index (χ1) is 13.7. The second-order valence-corrected chi connectivity index (χ2v) is 7.13. The van der Waals surface area contributed by atoms with Crippen LogP contribution in [-0.4, -0.2) is 34.2 Å².